The average molecular weight is 468 g/mol. The molecule has 0 fully saturated rings. The summed E-state index contributed by atoms with van der Waals surface area (Å²) in [5, 5.41) is 14.6. The first-order chi connectivity index (χ1) is 15.9. The van der Waals surface area contributed by atoms with Crippen LogP contribution in [0.5, 0.6) is 5.75 Å². The van der Waals surface area contributed by atoms with Crippen molar-refractivity contribution in [1.82, 2.24) is 20.1 Å². The van der Waals surface area contributed by atoms with E-state index in [1.165, 1.54) is 17.3 Å². The van der Waals surface area contributed by atoms with Crippen LogP contribution in [0, 0.1) is 6.92 Å². The van der Waals surface area contributed by atoms with Gasteiger partial charge in [-0.1, -0.05) is 49.0 Å². The molecule has 3 rings (SSSR count). The van der Waals surface area contributed by atoms with Crippen molar-refractivity contribution in [3.05, 3.63) is 65.5 Å². The van der Waals surface area contributed by atoms with E-state index in [9.17, 15) is 9.59 Å². The number of amides is 2. The lowest BCUT2D eigenvalue weighted by atomic mass is 10.2. The number of benzene rings is 2. The average Bonchev–Trinajstić information content (AvgIpc) is 3.17. The van der Waals surface area contributed by atoms with Gasteiger partial charge >= 0.3 is 0 Å². The summed E-state index contributed by atoms with van der Waals surface area (Å²) in [5.41, 5.74) is 3.01. The van der Waals surface area contributed by atoms with Gasteiger partial charge in [0.15, 0.2) is 17.1 Å². The second-order valence-corrected chi connectivity index (χ2v) is 8.53. The largest absolute Gasteiger partial charge is 0.481 e. The third-order valence-electron chi connectivity index (χ3n) is 5.11. The number of aryl methyl sites for hydroxylation is 2. The van der Waals surface area contributed by atoms with Crippen LogP contribution in [0.25, 0.3) is 0 Å². The van der Waals surface area contributed by atoms with Crippen molar-refractivity contribution in [3.63, 3.8) is 0 Å². The monoisotopic (exact) mass is 467 g/mol. The summed E-state index contributed by atoms with van der Waals surface area (Å²) >= 11 is 1.29. The van der Waals surface area contributed by atoms with Gasteiger partial charge in [0.25, 0.3) is 5.91 Å². The normalized spacial score (nSPS) is 11.6. The lowest BCUT2D eigenvalue weighted by Gasteiger charge is -2.15. The van der Waals surface area contributed by atoms with E-state index in [2.05, 4.69) is 27.8 Å². The zero-order chi connectivity index (χ0) is 23.8. The number of hydrogen-bond donors (Lipinski definition) is 2. The van der Waals surface area contributed by atoms with Crippen molar-refractivity contribution in [2.75, 3.05) is 11.1 Å². The van der Waals surface area contributed by atoms with Crippen LogP contribution in [0.2, 0.25) is 0 Å². The highest BCUT2D eigenvalue weighted by Gasteiger charge is 2.17. The Bertz CT molecular complexity index is 1100. The predicted octanol–water partition coefficient (Wildman–Crippen LogP) is 3.50. The van der Waals surface area contributed by atoms with Gasteiger partial charge in [0.1, 0.15) is 5.75 Å². The van der Waals surface area contributed by atoms with Gasteiger partial charge in [-0.25, -0.2) is 0 Å². The van der Waals surface area contributed by atoms with Gasteiger partial charge in [-0.3, -0.25) is 9.59 Å². The number of nitrogens with one attached hydrogen (secondary N) is 2. The van der Waals surface area contributed by atoms with E-state index in [0.717, 1.165) is 17.7 Å². The van der Waals surface area contributed by atoms with Crippen LogP contribution in [-0.2, 0) is 29.6 Å². The quantitative estimate of drug-likeness (QED) is 0.443. The molecule has 0 radical (unpaired) electrons. The van der Waals surface area contributed by atoms with Gasteiger partial charge < -0.3 is 19.9 Å². The number of nitrogens with zero attached hydrogens (tertiary/aromatic N) is 3. The van der Waals surface area contributed by atoms with E-state index in [-0.39, 0.29) is 24.1 Å². The number of carbonyl (C=O) groups is 2. The highest BCUT2D eigenvalue weighted by molar-refractivity contribution is 7.99. The molecule has 8 nitrogen and oxygen atoms in total. The maximum absolute atomic E-state index is 12.4. The minimum Gasteiger partial charge on any atom is -0.481 e. The molecule has 0 bridgehead atoms. The fourth-order valence-corrected chi connectivity index (χ4v) is 3.76. The molecule has 0 unspecified atom stereocenters. The molecule has 1 aromatic heterocycles. The van der Waals surface area contributed by atoms with Crippen LogP contribution >= 0.6 is 11.8 Å². The Morgan fingerprint density at radius 2 is 1.85 bits per heavy atom. The van der Waals surface area contributed by atoms with E-state index in [0.29, 0.717) is 16.7 Å². The SMILES string of the molecule is CCc1ccc(O[C@H](C)C(=O)NCc2nnc(SCC(=O)Nc3ccccc3C)n2C)cc1. The molecule has 0 aliphatic carbocycles. The summed E-state index contributed by atoms with van der Waals surface area (Å²) in [4.78, 5) is 24.7. The minimum absolute atomic E-state index is 0.120. The number of ether oxygens (including phenoxy) is 1. The molecular weight excluding hydrogens is 438 g/mol. The summed E-state index contributed by atoms with van der Waals surface area (Å²) in [6.07, 6.45) is 0.302. The van der Waals surface area contributed by atoms with Gasteiger partial charge in [0.2, 0.25) is 5.91 Å². The van der Waals surface area contributed by atoms with Crippen LogP contribution in [0.15, 0.2) is 53.7 Å². The first kappa shape index (κ1) is 24.3. The van der Waals surface area contributed by atoms with Crippen LogP contribution in [0.1, 0.15) is 30.8 Å². The van der Waals surface area contributed by atoms with E-state index in [4.69, 9.17) is 4.74 Å². The molecule has 0 spiro atoms. The van der Waals surface area contributed by atoms with Crippen LogP contribution in [0.4, 0.5) is 5.69 Å². The predicted molar refractivity (Wildman–Crippen MR) is 129 cm³/mol. The molecule has 2 amide bonds. The fourth-order valence-electron chi connectivity index (χ4n) is 3.03. The van der Waals surface area contributed by atoms with E-state index in [1.54, 1.807) is 18.5 Å². The number of hydrogen-bond acceptors (Lipinski definition) is 6. The van der Waals surface area contributed by atoms with Crippen LogP contribution < -0.4 is 15.4 Å². The standard InChI is InChI=1S/C24H29N5O3S/c1-5-18-10-12-19(13-11-18)32-17(3)23(31)25-14-21-27-28-24(29(21)4)33-15-22(30)26-20-9-7-6-8-16(20)2/h6-13,17H,5,14-15H2,1-4H3,(H,25,31)(H,26,30)/t17-/m1/s1. The molecule has 1 atom stereocenters. The van der Waals surface area contributed by atoms with Crippen LogP contribution in [0.3, 0.4) is 0 Å². The molecule has 2 N–H and O–H groups in total. The molecule has 0 aliphatic heterocycles. The van der Waals surface area contributed by atoms with E-state index < -0.39 is 6.10 Å². The van der Waals surface area contributed by atoms with Gasteiger partial charge in [-0.2, -0.15) is 0 Å². The van der Waals surface area contributed by atoms with Crippen LogP contribution in [-0.4, -0.2) is 38.4 Å². The summed E-state index contributed by atoms with van der Waals surface area (Å²) < 4.78 is 7.48. The number of anilines is 1. The Morgan fingerprint density at radius 3 is 2.55 bits per heavy atom. The van der Waals surface area contributed by atoms with Gasteiger partial charge in [-0.05, 0) is 49.6 Å². The maximum Gasteiger partial charge on any atom is 0.261 e. The molecule has 174 valence electrons. The second kappa shape index (κ2) is 11.5. The number of aromatic nitrogens is 3. The molecule has 3 aromatic rings. The summed E-state index contributed by atoms with van der Waals surface area (Å²) in [6, 6.07) is 15.3. The van der Waals surface area contributed by atoms with Crippen molar-refractivity contribution >= 4 is 29.3 Å². The fraction of sp³-hybridized carbons (Fsp3) is 0.333. The Hall–Kier alpha value is -3.33. The molecule has 9 heteroatoms. The summed E-state index contributed by atoms with van der Waals surface area (Å²) in [6.45, 7) is 5.94. The first-order valence-corrected chi connectivity index (χ1v) is 11.8. The molecule has 0 saturated carbocycles. The molecule has 2 aromatic carbocycles. The van der Waals surface area contributed by atoms with Gasteiger partial charge in [0, 0.05) is 12.7 Å². The molecular formula is C24H29N5O3S. The number of thioether (sulfide) groups is 1. The van der Waals surface area contributed by atoms with Crippen molar-refractivity contribution in [1.29, 1.82) is 0 Å². The van der Waals surface area contributed by atoms with Crippen molar-refractivity contribution in [2.24, 2.45) is 7.05 Å². The highest BCUT2D eigenvalue weighted by atomic mass is 32.2. The lowest BCUT2D eigenvalue weighted by Crippen LogP contribution is -2.36. The Labute approximate surface area is 198 Å². The Kier molecular flexibility index (Phi) is 8.48. The minimum atomic E-state index is -0.648. The van der Waals surface area contributed by atoms with Crippen molar-refractivity contribution < 1.29 is 14.3 Å². The number of para-hydroxylation sites is 1. The zero-order valence-corrected chi connectivity index (χ0v) is 20.1. The number of carbonyl (C=O) groups excluding carboxylic acids is 2. The maximum atomic E-state index is 12.4. The van der Waals surface area contributed by atoms with Crippen molar-refractivity contribution in [3.8, 4) is 5.75 Å². The third kappa shape index (κ3) is 6.82. The summed E-state index contributed by atoms with van der Waals surface area (Å²) in [7, 11) is 1.80. The zero-order valence-electron chi connectivity index (χ0n) is 19.3. The molecule has 0 saturated heterocycles. The molecule has 0 aliphatic rings. The first-order valence-electron chi connectivity index (χ1n) is 10.8. The van der Waals surface area contributed by atoms with E-state index >= 15 is 0 Å². The van der Waals surface area contributed by atoms with Gasteiger partial charge in [0.05, 0.1) is 12.3 Å². The smallest absolute Gasteiger partial charge is 0.261 e. The summed E-state index contributed by atoms with van der Waals surface area (Å²) in [5.74, 6) is 1.07. The lowest BCUT2D eigenvalue weighted by molar-refractivity contribution is -0.127. The highest BCUT2D eigenvalue weighted by Crippen LogP contribution is 2.18. The van der Waals surface area contributed by atoms with E-state index in [1.807, 2.05) is 55.5 Å². The van der Waals surface area contributed by atoms with Gasteiger partial charge in [-0.15, -0.1) is 10.2 Å². The topological polar surface area (TPSA) is 98.1 Å². The number of rotatable bonds is 10. The molecule has 33 heavy (non-hydrogen) atoms. The Morgan fingerprint density at radius 1 is 1.12 bits per heavy atom. The van der Waals surface area contributed by atoms with Crippen molar-refractivity contribution in [2.45, 2.75) is 45.0 Å². The molecule has 1 heterocycles. The third-order valence-corrected chi connectivity index (χ3v) is 6.13. The second-order valence-electron chi connectivity index (χ2n) is 7.58. The Balaban J connectivity index is 1.47.